The van der Waals surface area contributed by atoms with Crippen LogP contribution >= 0.6 is 12.2 Å². The van der Waals surface area contributed by atoms with Gasteiger partial charge in [0.05, 0.1) is 11.6 Å². The Morgan fingerprint density at radius 3 is 2.50 bits per heavy atom. The molecule has 0 aliphatic carbocycles. The summed E-state index contributed by atoms with van der Waals surface area (Å²) in [6.45, 7) is 5.64. The third kappa shape index (κ3) is 4.35. The molecule has 0 amide bonds. The topological polar surface area (TPSA) is 64.3 Å². The summed E-state index contributed by atoms with van der Waals surface area (Å²) in [4.78, 5) is 12.3. The largest absolute Gasteiger partial charge is 0.461 e. The van der Waals surface area contributed by atoms with E-state index in [2.05, 4.69) is 5.32 Å². The summed E-state index contributed by atoms with van der Waals surface area (Å²) in [5.41, 5.74) is 7.34. The van der Waals surface area contributed by atoms with Crippen molar-refractivity contribution in [3.8, 4) is 0 Å². The standard InChI is InChI=1S/C15H20N2O2S/c1-4-19-15(18)13(11(3)16)17-14(20)10(2)12-8-6-5-7-9-12/h5-10H,4,16H2,1-3H3,(H,17,20)/b13-11+/t10-/m1/s1. The van der Waals surface area contributed by atoms with Gasteiger partial charge in [-0.3, -0.25) is 0 Å². The number of allylic oxidation sites excluding steroid dienone is 1. The minimum atomic E-state index is -0.491. The molecule has 1 atom stereocenters. The number of hydrogen-bond donors (Lipinski definition) is 2. The van der Waals surface area contributed by atoms with E-state index in [-0.39, 0.29) is 18.2 Å². The van der Waals surface area contributed by atoms with Crippen LogP contribution in [0.15, 0.2) is 41.7 Å². The van der Waals surface area contributed by atoms with Crippen molar-refractivity contribution in [3.05, 3.63) is 47.3 Å². The molecule has 0 saturated carbocycles. The van der Waals surface area contributed by atoms with Gasteiger partial charge in [-0.05, 0) is 19.4 Å². The molecule has 1 aromatic carbocycles. The van der Waals surface area contributed by atoms with Crippen molar-refractivity contribution < 1.29 is 9.53 Å². The first-order valence-corrected chi connectivity index (χ1v) is 6.87. The van der Waals surface area contributed by atoms with Crippen LogP contribution in [0.4, 0.5) is 0 Å². The average molecular weight is 292 g/mol. The Kier molecular flexibility index (Phi) is 6.18. The molecule has 0 aliphatic rings. The second-order valence-corrected chi connectivity index (χ2v) is 4.84. The van der Waals surface area contributed by atoms with Crippen molar-refractivity contribution in [2.24, 2.45) is 5.73 Å². The highest BCUT2D eigenvalue weighted by Gasteiger charge is 2.18. The summed E-state index contributed by atoms with van der Waals surface area (Å²) in [6, 6.07) is 9.82. The van der Waals surface area contributed by atoms with Crippen LogP contribution in [0.3, 0.4) is 0 Å². The van der Waals surface area contributed by atoms with E-state index in [1.807, 2.05) is 37.3 Å². The van der Waals surface area contributed by atoms with E-state index >= 15 is 0 Å². The fourth-order valence-electron chi connectivity index (χ4n) is 1.64. The minimum absolute atomic E-state index is 0.0185. The molecule has 0 bridgehead atoms. The van der Waals surface area contributed by atoms with Crippen LogP contribution in [-0.2, 0) is 9.53 Å². The van der Waals surface area contributed by atoms with Gasteiger partial charge in [0.25, 0.3) is 0 Å². The number of hydrogen-bond acceptors (Lipinski definition) is 4. The van der Waals surface area contributed by atoms with Gasteiger partial charge < -0.3 is 15.8 Å². The maximum atomic E-state index is 11.8. The van der Waals surface area contributed by atoms with Crippen LogP contribution in [0.5, 0.6) is 0 Å². The molecule has 4 nitrogen and oxygen atoms in total. The first kappa shape index (κ1) is 16.2. The van der Waals surface area contributed by atoms with Crippen LogP contribution in [0, 0.1) is 0 Å². The summed E-state index contributed by atoms with van der Waals surface area (Å²) >= 11 is 5.35. The van der Waals surface area contributed by atoms with Crippen molar-refractivity contribution >= 4 is 23.2 Å². The Morgan fingerprint density at radius 2 is 2.00 bits per heavy atom. The number of nitrogens with two attached hydrogens (primary N) is 1. The molecule has 0 aromatic heterocycles. The summed E-state index contributed by atoms with van der Waals surface area (Å²) in [7, 11) is 0. The van der Waals surface area contributed by atoms with Crippen molar-refractivity contribution in [3.63, 3.8) is 0 Å². The number of nitrogens with one attached hydrogen (secondary N) is 1. The van der Waals surface area contributed by atoms with E-state index in [1.165, 1.54) is 0 Å². The lowest BCUT2D eigenvalue weighted by atomic mass is 10.0. The van der Waals surface area contributed by atoms with Crippen molar-refractivity contribution in [1.29, 1.82) is 0 Å². The molecule has 20 heavy (non-hydrogen) atoms. The smallest absolute Gasteiger partial charge is 0.356 e. The number of rotatable bonds is 5. The predicted octanol–water partition coefficient (Wildman–Crippen LogP) is 2.46. The van der Waals surface area contributed by atoms with E-state index in [9.17, 15) is 4.79 Å². The molecule has 108 valence electrons. The van der Waals surface area contributed by atoms with Gasteiger partial charge in [-0.2, -0.15) is 0 Å². The lowest BCUT2D eigenvalue weighted by Crippen LogP contribution is -2.32. The van der Waals surface area contributed by atoms with Gasteiger partial charge in [-0.1, -0.05) is 49.5 Å². The van der Waals surface area contributed by atoms with E-state index < -0.39 is 5.97 Å². The molecular weight excluding hydrogens is 272 g/mol. The zero-order chi connectivity index (χ0) is 15.1. The zero-order valence-corrected chi connectivity index (χ0v) is 12.8. The predicted molar refractivity (Wildman–Crippen MR) is 84.1 cm³/mol. The lowest BCUT2D eigenvalue weighted by molar-refractivity contribution is -0.138. The highest BCUT2D eigenvalue weighted by atomic mass is 32.1. The highest BCUT2D eigenvalue weighted by molar-refractivity contribution is 7.80. The lowest BCUT2D eigenvalue weighted by Gasteiger charge is -2.17. The highest BCUT2D eigenvalue weighted by Crippen LogP contribution is 2.16. The normalized spacial score (nSPS) is 13.2. The Hall–Kier alpha value is -1.88. The Balaban J connectivity index is 2.83. The average Bonchev–Trinajstić information content (AvgIpc) is 2.44. The molecule has 1 aromatic rings. The molecule has 5 heteroatoms. The first-order valence-electron chi connectivity index (χ1n) is 6.46. The summed E-state index contributed by atoms with van der Waals surface area (Å²) < 4.78 is 4.95. The second kappa shape index (κ2) is 7.65. The van der Waals surface area contributed by atoms with Crippen LogP contribution < -0.4 is 11.1 Å². The van der Waals surface area contributed by atoms with Crippen LogP contribution in [0.25, 0.3) is 0 Å². The first-order chi connectivity index (χ1) is 9.47. The van der Waals surface area contributed by atoms with Gasteiger partial charge >= 0.3 is 5.97 Å². The summed E-state index contributed by atoms with van der Waals surface area (Å²) in [5.74, 6) is -0.509. The molecule has 0 heterocycles. The van der Waals surface area contributed by atoms with Gasteiger partial charge in [-0.15, -0.1) is 0 Å². The minimum Gasteiger partial charge on any atom is -0.461 e. The number of carbonyl (C=O) groups excluding carboxylic acids is 1. The van der Waals surface area contributed by atoms with E-state index in [0.29, 0.717) is 10.7 Å². The summed E-state index contributed by atoms with van der Waals surface area (Å²) in [5, 5.41) is 2.91. The van der Waals surface area contributed by atoms with Gasteiger partial charge in [0.1, 0.15) is 5.70 Å². The van der Waals surface area contributed by atoms with Crippen LogP contribution in [0.2, 0.25) is 0 Å². The molecule has 0 aliphatic heterocycles. The number of carbonyl (C=O) groups is 1. The quantitative estimate of drug-likeness (QED) is 0.496. The molecule has 0 radical (unpaired) electrons. The zero-order valence-electron chi connectivity index (χ0n) is 12.0. The molecule has 0 fully saturated rings. The van der Waals surface area contributed by atoms with Gasteiger partial charge in [0.15, 0.2) is 0 Å². The molecule has 1 rings (SSSR count). The van der Waals surface area contributed by atoms with Crippen molar-refractivity contribution in [2.75, 3.05) is 6.61 Å². The number of thiocarbonyl (C=S) groups is 1. The van der Waals surface area contributed by atoms with Gasteiger partial charge in [0.2, 0.25) is 0 Å². The van der Waals surface area contributed by atoms with Crippen molar-refractivity contribution in [2.45, 2.75) is 26.7 Å². The fourth-order valence-corrected chi connectivity index (χ4v) is 1.88. The third-order valence-corrected chi connectivity index (χ3v) is 3.27. The van der Waals surface area contributed by atoms with Gasteiger partial charge in [-0.25, -0.2) is 4.79 Å². The monoisotopic (exact) mass is 292 g/mol. The third-order valence-electron chi connectivity index (χ3n) is 2.81. The van der Waals surface area contributed by atoms with E-state index in [4.69, 9.17) is 22.7 Å². The SMILES string of the molecule is CCOC(=O)/C(NC(=S)[C@H](C)c1ccccc1)=C(/C)N. The molecule has 3 N–H and O–H groups in total. The molecule has 0 saturated heterocycles. The van der Waals surface area contributed by atoms with Crippen LogP contribution in [-0.4, -0.2) is 17.6 Å². The second-order valence-electron chi connectivity index (χ2n) is 4.40. The van der Waals surface area contributed by atoms with Gasteiger partial charge in [0, 0.05) is 11.6 Å². The van der Waals surface area contributed by atoms with Crippen molar-refractivity contribution in [1.82, 2.24) is 5.32 Å². The maximum Gasteiger partial charge on any atom is 0.356 e. The van der Waals surface area contributed by atoms with Crippen LogP contribution in [0.1, 0.15) is 32.3 Å². The number of esters is 1. The Bertz CT molecular complexity index is 508. The summed E-state index contributed by atoms with van der Waals surface area (Å²) in [6.07, 6.45) is 0. The molecule has 0 unspecified atom stereocenters. The molecule has 0 spiro atoms. The Morgan fingerprint density at radius 1 is 1.40 bits per heavy atom. The Labute approximate surface area is 125 Å². The number of ether oxygens (including phenoxy) is 1. The van der Waals surface area contributed by atoms with E-state index in [1.54, 1.807) is 13.8 Å². The fraction of sp³-hybridized carbons (Fsp3) is 0.333. The number of benzene rings is 1. The molecular formula is C15H20N2O2S. The maximum absolute atomic E-state index is 11.8. The van der Waals surface area contributed by atoms with E-state index in [0.717, 1.165) is 5.56 Å².